The van der Waals surface area contributed by atoms with Gasteiger partial charge in [-0.25, -0.2) is 4.39 Å². The van der Waals surface area contributed by atoms with Crippen LogP contribution in [0.15, 0.2) is 34.1 Å². The van der Waals surface area contributed by atoms with Crippen LogP contribution in [0.4, 0.5) is 10.1 Å². The summed E-state index contributed by atoms with van der Waals surface area (Å²) >= 11 is 0. The Labute approximate surface area is 208 Å². The molecule has 4 heterocycles. The van der Waals surface area contributed by atoms with E-state index in [1.807, 2.05) is 0 Å². The van der Waals surface area contributed by atoms with Gasteiger partial charge in [0.1, 0.15) is 23.2 Å². The molecule has 1 fully saturated rings. The molecule has 1 aromatic heterocycles. The predicted molar refractivity (Wildman–Crippen MR) is 132 cm³/mol. The number of carbonyl (C=O) groups is 1. The van der Waals surface area contributed by atoms with Crippen LogP contribution in [-0.2, 0) is 22.4 Å². The van der Waals surface area contributed by atoms with Crippen LogP contribution in [0.3, 0.4) is 0 Å². The number of carbonyl (C=O) groups excluding carboxylic acids is 1. The molecule has 192 valence electrons. The largest absolute Gasteiger partial charge is 0.505 e. The van der Waals surface area contributed by atoms with E-state index in [9.17, 15) is 19.1 Å². The molecule has 5 rings (SSSR count). The zero-order chi connectivity index (χ0) is 25.6. The van der Waals surface area contributed by atoms with Gasteiger partial charge in [-0.3, -0.25) is 19.5 Å². The van der Waals surface area contributed by atoms with Gasteiger partial charge in [-0.1, -0.05) is 12.1 Å². The standard InChI is InChI=1S/C26H31FN4O5/c1-26(2)14-35-9-8-30(26)12-18-13-31-21-20(22(32)19(25(31)34)24(33)28-3)29-11-16(23(21)36-18)10-15-4-6-17(27)7-5-15/h4-7,11,16,18,23,32H,8-10,12-14H2,1-3H3,(H,28,33). The van der Waals surface area contributed by atoms with Crippen LogP contribution in [0, 0.1) is 11.7 Å². The Morgan fingerprint density at radius 3 is 2.75 bits per heavy atom. The van der Waals surface area contributed by atoms with Crippen LogP contribution in [0.5, 0.6) is 5.75 Å². The zero-order valence-electron chi connectivity index (χ0n) is 20.7. The highest BCUT2D eigenvalue weighted by atomic mass is 19.1. The van der Waals surface area contributed by atoms with Crippen LogP contribution < -0.4 is 10.9 Å². The Morgan fingerprint density at radius 2 is 2.06 bits per heavy atom. The number of nitrogens with one attached hydrogen (secondary N) is 1. The van der Waals surface area contributed by atoms with Gasteiger partial charge in [0.15, 0.2) is 5.75 Å². The Bertz CT molecular complexity index is 1260. The third kappa shape index (κ3) is 4.33. The molecular formula is C26H31FN4O5. The number of hydrogen-bond acceptors (Lipinski definition) is 7. The Morgan fingerprint density at radius 1 is 1.31 bits per heavy atom. The number of aliphatic imine (C=N–C) groups is 1. The number of amides is 1. The van der Waals surface area contributed by atoms with Gasteiger partial charge < -0.3 is 24.5 Å². The lowest BCUT2D eigenvalue weighted by atomic mass is 9.88. The van der Waals surface area contributed by atoms with Crippen LogP contribution >= 0.6 is 0 Å². The summed E-state index contributed by atoms with van der Waals surface area (Å²) in [5.41, 5.74) is 0.466. The molecular weight excluding hydrogens is 467 g/mol. The maximum absolute atomic E-state index is 13.5. The molecule has 1 amide bonds. The molecule has 3 atom stereocenters. The maximum Gasteiger partial charge on any atom is 0.267 e. The Kier molecular flexibility index (Phi) is 6.44. The lowest BCUT2D eigenvalue weighted by Crippen LogP contribution is -2.57. The summed E-state index contributed by atoms with van der Waals surface area (Å²) in [6.07, 6.45) is 1.30. The van der Waals surface area contributed by atoms with E-state index >= 15 is 0 Å². The minimum absolute atomic E-state index is 0.179. The normalized spacial score (nSPS) is 24.8. The third-order valence-corrected chi connectivity index (χ3v) is 7.31. The summed E-state index contributed by atoms with van der Waals surface area (Å²) in [6.45, 7) is 6.98. The molecule has 3 aliphatic heterocycles. The molecule has 1 saturated heterocycles. The van der Waals surface area contributed by atoms with Crippen LogP contribution in [-0.4, -0.2) is 71.7 Å². The molecule has 0 aliphatic carbocycles. The van der Waals surface area contributed by atoms with Crippen molar-refractivity contribution in [1.29, 1.82) is 0 Å². The van der Waals surface area contributed by atoms with Crippen molar-refractivity contribution in [1.82, 2.24) is 14.8 Å². The SMILES string of the molecule is CNC(=O)c1c(O)c2c3n(c1=O)CC(CN1CCOCC1(C)C)OC3C(Cc1ccc(F)cc1)C=N2. The number of aromatic nitrogens is 1. The van der Waals surface area contributed by atoms with Crippen molar-refractivity contribution in [3.63, 3.8) is 0 Å². The number of rotatable bonds is 5. The van der Waals surface area contributed by atoms with Crippen LogP contribution in [0.25, 0.3) is 0 Å². The number of ether oxygens (including phenoxy) is 2. The first-order valence-corrected chi connectivity index (χ1v) is 12.2. The average molecular weight is 499 g/mol. The number of morpholine rings is 1. The quantitative estimate of drug-likeness (QED) is 0.655. The van der Waals surface area contributed by atoms with Gasteiger partial charge in [0, 0.05) is 37.8 Å². The minimum atomic E-state index is -0.665. The molecule has 3 unspecified atom stereocenters. The molecule has 9 nitrogen and oxygen atoms in total. The van der Waals surface area contributed by atoms with E-state index in [0.29, 0.717) is 31.9 Å². The summed E-state index contributed by atoms with van der Waals surface area (Å²) in [4.78, 5) is 32.8. The second kappa shape index (κ2) is 9.42. The van der Waals surface area contributed by atoms with Crippen molar-refractivity contribution >= 4 is 17.8 Å². The molecule has 0 bridgehead atoms. The van der Waals surface area contributed by atoms with Crippen molar-refractivity contribution in [2.24, 2.45) is 10.9 Å². The van der Waals surface area contributed by atoms with Gasteiger partial charge in [0.25, 0.3) is 11.5 Å². The topological polar surface area (TPSA) is 105 Å². The Hall–Kier alpha value is -3.08. The molecule has 10 heteroatoms. The molecule has 36 heavy (non-hydrogen) atoms. The monoisotopic (exact) mass is 498 g/mol. The van der Waals surface area contributed by atoms with Crippen molar-refractivity contribution in [3.8, 4) is 5.75 Å². The first-order chi connectivity index (χ1) is 17.2. The van der Waals surface area contributed by atoms with E-state index in [0.717, 1.165) is 12.1 Å². The Balaban J connectivity index is 1.56. The van der Waals surface area contributed by atoms with Crippen molar-refractivity contribution in [2.45, 2.75) is 44.6 Å². The second-order valence-corrected chi connectivity index (χ2v) is 10.2. The second-order valence-electron chi connectivity index (χ2n) is 10.2. The first kappa shape index (κ1) is 24.6. The van der Waals surface area contributed by atoms with E-state index < -0.39 is 23.3 Å². The fourth-order valence-corrected chi connectivity index (χ4v) is 5.34. The average Bonchev–Trinajstić information content (AvgIpc) is 2.85. The van der Waals surface area contributed by atoms with E-state index in [1.165, 1.54) is 19.2 Å². The fourth-order valence-electron chi connectivity index (χ4n) is 5.34. The fraction of sp³-hybridized carbons (Fsp3) is 0.500. The van der Waals surface area contributed by atoms with Gasteiger partial charge in [-0.05, 0) is 38.0 Å². The minimum Gasteiger partial charge on any atom is -0.505 e. The lowest BCUT2D eigenvalue weighted by molar-refractivity contribution is -0.112. The van der Waals surface area contributed by atoms with Crippen molar-refractivity contribution < 1.29 is 23.8 Å². The predicted octanol–water partition coefficient (Wildman–Crippen LogP) is 2.18. The highest BCUT2D eigenvalue weighted by Gasteiger charge is 2.42. The smallest absolute Gasteiger partial charge is 0.267 e. The van der Waals surface area contributed by atoms with Gasteiger partial charge in [-0.2, -0.15) is 0 Å². The van der Waals surface area contributed by atoms with Crippen molar-refractivity contribution in [2.75, 3.05) is 33.4 Å². The summed E-state index contributed by atoms with van der Waals surface area (Å²) in [5.74, 6) is -1.67. The number of nitrogens with zero attached hydrogens (tertiary/aromatic N) is 3. The summed E-state index contributed by atoms with van der Waals surface area (Å²) in [7, 11) is 1.41. The van der Waals surface area contributed by atoms with Gasteiger partial charge in [0.2, 0.25) is 0 Å². The zero-order valence-corrected chi connectivity index (χ0v) is 20.7. The number of halogens is 1. The van der Waals surface area contributed by atoms with Crippen molar-refractivity contribution in [3.05, 3.63) is 57.3 Å². The number of pyridine rings is 1. The lowest BCUT2D eigenvalue weighted by Gasteiger charge is -2.46. The van der Waals surface area contributed by atoms with Gasteiger partial charge in [0.05, 0.1) is 31.6 Å². The van der Waals surface area contributed by atoms with E-state index in [-0.39, 0.29) is 41.2 Å². The van der Waals surface area contributed by atoms with Crippen LogP contribution in [0.2, 0.25) is 0 Å². The number of hydrogen-bond donors (Lipinski definition) is 2. The summed E-state index contributed by atoms with van der Waals surface area (Å²) in [6, 6.07) is 6.25. The van der Waals surface area contributed by atoms with Gasteiger partial charge >= 0.3 is 0 Å². The number of benzene rings is 1. The third-order valence-electron chi connectivity index (χ3n) is 7.31. The first-order valence-electron chi connectivity index (χ1n) is 12.2. The molecule has 0 saturated carbocycles. The van der Waals surface area contributed by atoms with E-state index in [4.69, 9.17) is 9.47 Å². The van der Waals surface area contributed by atoms with Gasteiger partial charge in [-0.15, -0.1) is 0 Å². The molecule has 3 aliphatic rings. The molecule has 2 aromatic rings. The highest BCUT2D eigenvalue weighted by Crippen LogP contribution is 2.45. The summed E-state index contributed by atoms with van der Waals surface area (Å²) in [5, 5.41) is 13.3. The summed E-state index contributed by atoms with van der Waals surface area (Å²) < 4.78 is 27.3. The van der Waals surface area contributed by atoms with E-state index in [1.54, 1.807) is 22.9 Å². The maximum atomic E-state index is 13.5. The van der Waals surface area contributed by atoms with Crippen LogP contribution in [0.1, 0.15) is 41.6 Å². The molecule has 1 aromatic carbocycles. The molecule has 2 N–H and O–H groups in total. The van der Waals surface area contributed by atoms with E-state index in [2.05, 4.69) is 29.1 Å². The molecule has 0 spiro atoms. The molecule has 0 radical (unpaired) electrons. The number of aromatic hydroxyl groups is 1. The highest BCUT2D eigenvalue weighted by molar-refractivity contribution is 5.98.